The molecule has 1 rings (SSSR count). The maximum absolute atomic E-state index is 11.4. The Bertz CT molecular complexity index is 348. The number of rotatable bonds is 6. The van der Waals surface area contributed by atoms with Gasteiger partial charge in [0.1, 0.15) is 0 Å². The molecule has 17 heavy (non-hydrogen) atoms. The van der Waals surface area contributed by atoms with Crippen molar-refractivity contribution in [3.63, 3.8) is 0 Å². The van der Waals surface area contributed by atoms with Gasteiger partial charge in [-0.05, 0) is 12.8 Å². The smallest absolute Gasteiger partial charge is 0.233 e. The summed E-state index contributed by atoms with van der Waals surface area (Å²) in [5.41, 5.74) is 1.73. The molecule has 2 N–H and O–H groups in total. The van der Waals surface area contributed by atoms with Crippen LogP contribution in [0.1, 0.15) is 25.2 Å². The molecule has 0 aromatic carbocycles. The van der Waals surface area contributed by atoms with Gasteiger partial charge in [-0.15, -0.1) is 0 Å². The van der Waals surface area contributed by atoms with Gasteiger partial charge in [0, 0.05) is 25.5 Å². The van der Waals surface area contributed by atoms with Gasteiger partial charge in [0.25, 0.3) is 0 Å². The molecule has 0 atom stereocenters. The lowest BCUT2D eigenvalue weighted by atomic mass is 10.2. The summed E-state index contributed by atoms with van der Waals surface area (Å²) in [7, 11) is 0. The normalized spacial score (nSPS) is 10.6. The zero-order valence-corrected chi connectivity index (χ0v) is 10.7. The Kier molecular flexibility index (Phi) is 5.56. The van der Waals surface area contributed by atoms with Crippen molar-refractivity contribution in [1.82, 2.24) is 20.6 Å². The summed E-state index contributed by atoms with van der Waals surface area (Å²) in [5, 5.41) is 5.87. The van der Waals surface area contributed by atoms with Crippen LogP contribution in [0.4, 0.5) is 0 Å². The van der Waals surface area contributed by atoms with Gasteiger partial charge in [0.2, 0.25) is 5.91 Å². The van der Waals surface area contributed by atoms with Crippen molar-refractivity contribution in [3.8, 4) is 0 Å². The lowest BCUT2D eigenvalue weighted by Gasteiger charge is -2.08. The fourth-order valence-corrected chi connectivity index (χ4v) is 1.20. The highest BCUT2D eigenvalue weighted by atomic mass is 16.1. The van der Waals surface area contributed by atoms with Crippen LogP contribution in [0.2, 0.25) is 0 Å². The molecule has 1 aromatic heterocycles. The number of amides is 1. The second-order valence-corrected chi connectivity index (χ2v) is 4.45. The molecule has 0 saturated heterocycles. The number of aryl methyl sites for hydroxylation is 1. The van der Waals surface area contributed by atoms with Crippen LogP contribution in [-0.4, -0.2) is 29.0 Å². The number of hydrogen-bond donors (Lipinski definition) is 2. The maximum Gasteiger partial charge on any atom is 0.233 e. The maximum atomic E-state index is 11.4. The van der Waals surface area contributed by atoms with E-state index in [2.05, 4.69) is 34.4 Å². The third-order valence-electron chi connectivity index (χ3n) is 2.13. The molecule has 5 nitrogen and oxygen atoms in total. The molecule has 0 aliphatic heterocycles. The fourth-order valence-electron chi connectivity index (χ4n) is 1.20. The number of carbonyl (C=O) groups excluding carboxylic acids is 1. The third kappa shape index (κ3) is 5.97. The Labute approximate surface area is 102 Å². The molecule has 94 valence electrons. The molecule has 0 bridgehead atoms. The van der Waals surface area contributed by atoms with E-state index in [1.807, 2.05) is 6.92 Å². The molecule has 0 aliphatic rings. The van der Waals surface area contributed by atoms with Crippen molar-refractivity contribution in [3.05, 3.63) is 23.8 Å². The van der Waals surface area contributed by atoms with E-state index in [-0.39, 0.29) is 5.91 Å². The monoisotopic (exact) mass is 236 g/mol. The first-order valence-electron chi connectivity index (χ1n) is 5.83. The molecule has 0 spiro atoms. The quantitative estimate of drug-likeness (QED) is 0.761. The van der Waals surface area contributed by atoms with Crippen molar-refractivity contribution in [1.29, 1.82) is 0 Å². The van der Waals surface area contributed by atoms with Crippen LogP contribution in [0.3, 0.4) is 0 Å². The Morgan fingerprint density at radius 3 is 2.71 bits per heavy atom. The van der Waals surface area contributed by atoms with Gasteiger partial charge in [-0.2, -0.15) is 0 Å². The van der Waals surface area contributed by atoms with Crippen LogP contribution in [0, 0.1) is 12.8 Å². The second-order valence-electron chi connectivity index (χ2n) is 4.45. The second kappa shape index (κ2) is 6.96. The van der Waals surface area contributed by atoms with E-state index in [4.69, 9.17) is 0 Å². The standard InChI is InChI=1S/C12H20N4O/c1-9(2)4-16-12(17)8-13-6-11-7-14-10(3)5-15-11/h5,7,9,13H,4,6,8H2,1-3H3,(H,16,17). The van der Waals surface area contributed by atoms with Crippen molar-refractivity contribution in [2.45, 2.75) is 27.3 Å². The lowest BCUT2D eigenvalue weighted by Crippen LogP contribution is -2.35. The van der Waals surface area contributed by atoms with Gasteiger partial charge < -0.3 is 10.6 Å². The minimum atomic E-state index is 0.0128. The summed E-state index contributed by atoms with van der Waals surface area (Å²) in [4.78, 5) is 19.7. The lowest BCUT2D eigenvalue weighted by molar-refractivity contribution is -0.120. The number of nitrogens with one attached hydrogen (secondary N) is 2. The van der Waals surface area contributed by atoms with E-state index < -0.39 is 0 Å². The number of carbonyl (C=O) groups is 1. The van der Waals surface area contributed by atoms with Gasteiger partial charge in [-0.1, -0.05) is 13.8 Å². The predicted molar refractivity (Wildman–Crippen MR) is 66.3 cm³/mol. The molecule has 0 fully saturated rings. The van der Waals surface area contributed by atoms with Crippen LogP contribution >= 0.6 is 0 Å². The molecular formula is C12H20N4O. The van der Waals surface area contributed by atoms with Crippen LogP contribution in [0.25, 0.3) is 0 Å². The summed E-state index contributed by atoms with van der Waals surface area (Å²) in [5.74, 6) is 0.487. The van der Waals surface area contributed by atoms with Crippen LogP contribution in [0.15, 0.2) is 12.4 Å². The zero-order valence-electron chi connectivity index (χ0n) is 10.7. The van der Waals surface area contributed by atoms with E-state index in [0.717, 1.165) is 11.4 Å². The molecular weight excluding hydrogens is 216 g/mol. The summed E-state index contributed by atoms with van der Waals surface area (Å²) >= 11 is 0. The number of aromatic nitrogens is 2. The van der Waals surface area contributed by atoms with Gasteiger partial charge in [-0.3, -0.25) is 14.8 Å². The Hall–Kier alpha value is -1.49. The topological polar surface area (TPSA) is 66.9 Å². The van der Waals surface area contributed by atoms with Crippen LogP contribution in [-0.2, 0) is 11.3 Å². The van der Waals surface area contributed by atoms with Gasteiger partial charge >= 0.3 is 0 Å². The summed E-state index contributed by atoms with van der Waals surface area (Å²) in [6, 6.07) is 0. The molecule has 0 radical (unpaired) electrons. The van der Waals surface area contributed by atoms with Gasteiger partial charge in [0.05, 0.1) is 17.9 Å². The molecule has 1 aromatic rings. The first-order valence-corrected chi connectivity index (χ1v) is 5.83. The SMILES string of the molecule is Cc1cnc(CNCC(=O)NCC(C)C)cn1. The summed E-state index contributed by atoms with van der Waals surface area (Å²) < 4.78 is 0. The summed E-state index contributed by atoms with van der Waals surface area (Å²) in [6.45, 7) is 7.60. The summed E-state index contributed by atoms with van der Waals surface area (Å²) in [6.07, 6.45) is 3.43. The van der Waals surface area contributed by atoms with E-state index in [1.54, 1.807) is 12.4 Å². The predicted octanol–water partition coefficient (Wildman–Crippen LogP) is 0.647. The van der Waals surface area contributed by atoms with E-state index in [1.165, 1.54) is 0 Å². The van der Waals surface area contributed by atoms with Crippen molar-refractivity contribution in [2.75, 3.05) is 13.1 Å². The fraction of sp³-hybridized carbons (Fsp3) is 0.583. The highest BCUT2D eigenvalue weighted by Crippen LogP contribution is 1.92. The average molecular weight is 236 g/mol. The molecule has 0 unspecified atom stereocenters. The largest absolute Gasteiger partial charge is 0.355 e. The van der Waals surface area contributed by atoms with Crippen molar-refractivity contribution >= 4 is 5.91 Å². The minimum absolute atomic E-state index is 0.0128. The molecule has 0 aliphatic carbocycles. The number of hydrogen-bond acceptors (Lipinski definition) is 4. The van der Waals surface area contributed by atoms with Crippen LogP contribution < -0.4 is 10.6 Å². The number of nitrogens with zero attached hydrogens (tertiary/aromatic N) is 2. The third-order valence-corrected chi connectivity index (χ3v) is 2.13. The van der Waals surface area contributed by atoms with E-state index in [9.17, 15) is 4.79 Å². The molecule has 1 heterocycles. The van der Waals surface area contributed by atoms with E-state index >= 15 is 0 Å². The zero-order chi connectivity index (χ0) is 12.7. The first-order chi connectivity index (χ1) is 8.08. The highest BCUT2D eigenvalue weighted by molar-refractivity contribution is 5.77. The van der Waals surface area contributed by atoms with Crippen LogP contribution in [0.5, 0.6) is 0 Å². The average Bonchev–Trinajstić information content (AvgIpc) is 2.29. The molecule has 5 heteroatoms. The molecule has 0 saturated carbocycles. The van der Waals surface area contributed by atoms with E-state index in [0.29, 0.717) is 25.6 Å². The molecule has 1 amide bonds. The highest BCUT2D eigenvalue weighted by Gasteiger charge is 2.02. The first kappa shape index (κ1) is 13.6. The minimum Gasteiger partial charge on any atom is -0.355 e. The van der Waals surface area contributed by atoms with Crippen molar-refractivity contribution < 1.29 is 4.79 Å². The Morgan fingerprint density at radius 1 is 1.35 bits per heavy atom. The van der Waals surface area contributed by atoms with Gasteiger partial charge in [-0.25, -0.2) is 0 Å². The van der Waals surface area contributed by atoms with Gasteiger partial charge in [0.15, 0.2) is 0 Å². The Balaban J connectivity index is 2.19. The van der Waals surface area contributed by atoms with Crippen molar-refractivity contribution in [2.24, 2.45) is 5.92 Å². The Morgan fingerprint density at radius 2 is 2.12 bits per heavy atom.